The Balaban J connectivity index is 1.39. The number of fused-ring (bicyclic) bond motifs is 2. The first-order chi connectivity index (χ1) is 14.6. The second-order valence-corrected chi connectivity index (χ2v) is 7.94. The van der Waals surface area contributed by atoms with Gasteiger partial charge < -0.3 is 10.2 Å². The lowest BCUT2D eigenvalue weighted by Gasteiger charge is -2.19. The number of carbonyl (C=O) groups excluding carboxylic acids is 1. The molecule has 0 radical (unpaired) electrons. The Labute approximate surface area is 176 Å². The molecule has 4 aromatic rings. The number of amides is 1. The summed E-state index contributed by atoms with van der Waals surface area (Å²) in [5.74, 6) is 0.914. The normalized spacial score (nSPS) is 12.8. The first-order valence-electron chi connectivity index (χ1n) is 10.2. The van der Waals surface area contributed by atoms with Gasteiger partial charge in [0.2, 0.25) is 0 Å². The number of anilines is 3. The monoisotopic (exact) mass is 393 g/mol. The molecule has 0 unspecified atom stereocenters. The molecule has 5 rings (SSSR count). The van der Waals surface area contributed by atoms with Gasteiger partial charge in [0.05, 0.1) is 5.52 Å². The zero-order chi connectivity index (χ0) is 20.7. The fourth-order valence-corrected chi connectivity index (χ4v) is 3.95. The third-order valence-electron chi connectivity index (χ3n) is 5.64. The van der Waals surface area contributed by atoms with E-state index in [0.29, 0.717) is 5.56 Å². The molecule has 148 valence electrons. The number of nitrogens with one attached hydrogen (secondary N) is 1. The molecular formula is C26H23N3O. The van der Waals surface area contributed by atoms with Crippen LogP contribution in [-0.2, 0) is 6.42 Å². The summed E-state index contributed by atoms with van der Waals surface area (Å²) >= 11 is 0. The number of carbonyl (C=O) groups is 1. The molecule has 0 spiro atoms. The highest BCUT2D eigenvalue weighted by atomic mass is 16.1. The highest BCUT2D eigenvalue weighted by Gasteiger charge is 2.23. The first-order valence-corrected chi connectivity index (χ1v) is 10.2. The predicted molar refractivity (Wildman–Crippen MR) is 123 cm³/mol. The van der Waals surface area contributed by atoms with E-state index in [-0.39, 0.29) is 5.91 Å². The Morgan fingerprint density at radius 2 is 1.63 bits per heavy atom. The van der Waals surface area contributed by atoms with E-state index in [4.69, 9.17) is 4.98 Å². The minimum Gasteiger partial charge on any atom is -0.326 e. The summed E-state index contributed by atoms with van der Waals surface area (Å²) in [6.45, 7) is 5.01. The van der Waals surface area contributed by atoms with Crippen molar-refractivity contribution >= 4 is 34.0 Å². The van der Waals surface area contributed by atoms with Gasteiger partial charge in [-0.1, -0.05) is 29.8 Å². The van der Waals surface area contributed by atoms with Gasteiger partial charge in [0.1, 0.15) is 5.82 Å². The highest BCUT2D eigenvalue weighted by Crippen LogP contribution is 2.35. The van der Waals surface area contributed by atoms with Crippen LogP contribution in [0.3, 0.4) is 0 Å². The lowest BCUT2D eigenvalue weighted by Crippen LogP contribution is -2.15. The van der Waals surface area contributed by atoms with Gasteiger partial charge in [0, 0.05) is 28.9 Å². The third kappa shape index (κ3) is 3.41. The Hall–Kier alpha value is -3.66. The van der Waals surface area contributed by atoms with Gasteiger partial charge in [-0.15, -0.1) is 0 Å². The van der Waals surface area contributed by atoms with Gasteiger partial charge in [0.25, 0.3) is 5.91 Å². The maximum atomic E-state index is 12.6. The summed E-state index contributed by atoms with van der Waals surface area (Å²) in [6.07, 6.45) is 0.974. The summed E-state index contributed by atoms with van der Waals surface area (Å²) in [4.78, 5) is 19.7. The molecule has 0 saturated heterocycles. The van der Waals surface area contributed by atoms with E-state index in [1.807, 2.05) is 55.5 Å². The summed E-state index contributed by atoms with van der Waals surface area (Å²) in [5, 5.41) is 4.14. The van der Waals surface area contributed by atoms with E-state index in [0.717, 1.165) is 35.7 Å². The average Bonchev–Trinajstić information content (AvgIpc) is 3.16. The summed E-state index contributed by atoms with van der Waals surface area (Å²) in [6, 6.07) is 24.2. The van der Waals surface area contributed by atoms with Crippen molar-refractivity contribution in [3.63, 3.8) is 0 Å². The Morgan fingerprint density at radius 3 is 2.40 bits per heavy atom. The number of pyridine rings is 1. The molecule has 1 amide bonds. The number of nitrogens with zero attached hydrogens (tertiary/aromatic N) is 2. The third-order valence-corrected chi connectivity index (χ3v) is 5.64. The van der Waals surface area contributed by atoms with Gasteiger partial charge in [-0.3, -0.25) is 4.79 Å². The summed E-state index contributed by atoms with van der Waals surface area (Å²) in [5.41, 5.74) is 7.17. The van der Waals surface area contributed by atoms with E-state index < -0.39 is 0 Å². The van der Waals surface area contributed by atoms with Crippen molar-refractivity contribution in [3.05, 3.63) is 95.1 Å². The molecular weight excluding hydrogens is 370 g/mol. The average molecular weight is 393 g/mol. The van der Waals surface area contributed by atoms with Crippen LogP contribution in [0.15, 0.2) is 72.8 Å². The zero-order valence-corrected chi connectivity index (χ0v) is 17.1. The molecule has 1 aromatic heterocycles. The lowest BCUT2D eigenvalue weighted by atomic mass is 10.1. The molecule has 4 nitrogen and oxygen atoms in total. The van der Waals surface area contributed by atoms with Crippen LogP contribution < -0.4 is 10.2 Å². The van der Waals surface area contributed by atoms with Crippen molar-refractivity contribution in [1.82, 2.24) is 4.98 Å². The lowest BCUT2D eigenvalue weighted by molar-refractivity contribution is 0.102. The van der Waals surface area contributed by atoms with Crippen molar-refractivity contribution in [2.75, 3.05) is 16.8 Å². The van der Waals surface area contributed by atoms with E-state index in [1.165, 1.54) is 22.1 Å². The summed E-state index contributed by atoms with van der Waals surface area (Å²) in [7, 11) is 0. The van der Waals surface area contributed by atoms with E-state index in [2.05, 4.69) is 41.4 Å². The predicted octanol–water partition coefficient (Wildman–Crippen LogP) is 5.80. The fourth-order valence-electron chi connectivity index (χ4n) is 3.95. The molecule has 0 aliphatic carbocycles. The SMILES string of the molecule is Cc1ccc(NC(=O)c2ccc(N3CCc4cc5ccc(C)cc5nc43)cc2)cc1. The quantitative estimate of drug-likeness (QED) is 0.479. The topological polar surface area (TPSA) is 45.2 Å². The second-order valence-electron chi connectivity index (χ2n) is 7.94. The molecule has 0 saturated carbocycles. The van der Waals surface area contributed by atoms with Crippen LogP contribution in [0.1, 0.15) is 27.0 Å². The van der Waals surface area contributed by atoms with Crippen molar-refractivity contribution < 1.29 is 4.79 Å². The van der Waals surface area contributed by atoms with Crippen LogP contribution in [0, 0.1) is 13.8 Å². The highest BCUT2D eigenvalue weighted by molar-refractivity contribution is 6.04. The number of aryl methyl sites for hydroxylation is 2. The maximum absolute atomic E-state index is 12.6. The number of benzene rings is 3. The Kier molecular flexibility index (Phi) is 4.47. The summed E-state index contributed by atoms with van der Waals surface area (Å²) < 4.78 is 0. The Morgan fingerprint density at radius 1 is 0.900 bits per heavy atom. The molecule has 3 aromatic carbocycles. The van der Waals surface area contributed by atoms with E-state index in [1.54, 1.807) is 0 Å². The second kappa shape index (κ2) is 7.30. The fraction of sp³-hybridized carbons (Fsp3) is 0.154. The van der Waals surface area contributed by atoms with Gasteiger partial charge in [0.15, 0.2) is 0 Å². The smallest absolute Gasteiger partial charge is 0.255 e. The van der Waals surface area contributed by atoms with Gasteiger partial charge in [-0.2, -0.15) is 0 Å². The molecule has 1 aliphatic heterocycles. The van der Waals surface area contributed by atoms with Crippen LogP contribution in [0.2, 0.25) is 0 Å². The number of hydrogen-bond donors (Lipinski definition) is 1. The number of hydrogen-bond acceptors (Lipinski definition) is 3. The molecule has 1 N–H and O–H groups in total. The van der Waals surface area contributed by atoms with Crippen molar-refractivity contribution in [3.8, 4) is 0 Å². The van der Waals surface area contributed by atoms with Crippen LogP contribution in [0.5, 0.6) is 0 Å². The van der Waals surface area contributed by atoms with Gasteiger partial charge >= 0.3 is 0 Å². The standard InChI is InChI=1S/C26H23N3O/c1-17-4-9-22(10-5-17)27-26(30)19-7-11-23(12-8-19)29-14-13-21-16-20-6-3-18(2)15-24(20)28-25(21)29/h3-12,15-16H,13-14H2,1-2H3,(H,27,30). The molecule has 30 heavy (non-hydrogen) atoms. The van der Waals surface area contributed by atoms with Crippen molar-refractivity contribution in [1.29, 1.82) is 0 Å². The first kappa shape index (κ1) is 18.4. The van der Waals surface area contributed by atoms with Crippen LogP contribution in [-0.4, -0.2) is 17.4 Å². The minimum absolute atomic E-state index is 0.105. The molecule has 0 atom stereocenters. The number of aromatic nitrogens is 1. The van der Waals surface area contributed by atoms with Crippen LogP contribution in [0.4, 0.5) is 17.2 Å². The van der Waals surface area contributed by atoms with Crippen molar-refractivity contribution in [2.45, 2.75) is 20.3 Å². The van der Waals surface area contributed by atoms with E-state index in [9.17, 15) is 4.79 Å². The van der Waals surface area contributed by atoms with Crippen molar-refractivity contribution in [2.24, 2.45) is 0 Å². The zero-order valence-electron chi connectivity index (χ0n) is 17.1. The van der Waals surface area contributed by atoms with Crippen LogP contribution >= 0.6 is 0 Å². The maximum Gasteiger partial charge on any atom is 0.255 e. The molecule has 0 fully saturated rings. The van der Waals surface area contributed by atoms with Gasteiger partial charge in [-0.05, 0) is 79.9 Å². The van der Waals surface area contributed by atoms with Gasteiger partial charge in [-0.25, -0.2) is 4.98 Å². The van der Waals surface area contributed by atoms with Crippen LogP contribution in [0.25, 0.3) is 10.9 Å². The van der Waals surface area contributed by atoms with E-state index >= 15 is 0 Å². The molecule has 1 aliphatic rings. The molecule has 4 heteroatoms. The minimum atomic E-state index is -0.105. The largest absolute Gasteiger partial charge is 0.326 e. The number of rotatable bonds is 3. The molecule has 2 heterocycles. The molecule has 0 bridgehead atoms. The Bertz CT molecular complexity index is 1240.